The van der Waals surface area contributed by atoms with Crippen molar-refractivity contribution in [1.82, 2.24) is 0 Å². The van der Waals surface area contributed by atoms with Crippen LogP contribution in [0, 0.1) is 12.7 Å². The summed E-state index contributed by atoms with van der Waals surface area (Å²) in [5.41, 5.74) is 0.519. The number of aliphatic hydroxyl groups is 2. The number of benzene rings is 1. The van der Waals surface area contributed by atoms with E-state index in [9.17, 15) is 19.4 Å². The van der Waals surface area contributed by atoms with Gasteiger partial charge in [-0.2, -0.15) is 0 Å². The number of hydrogen-bond acceptors (Lipinski definition) is 4. The van der Waals surface area contributed by atoms with Crippen LogP contribution in [0.25, 0.3) is 0 Å². The molecule has 0 amide bonds. The molecular formula is C12H15FO4. The molecule has 1 aromatic rings. The first-order valence-electron chi connectivity index (χ1n) is 5.15. The summed E-state index contributed by atoms with van der Waals surface area (Å²) in [4.78, 5) is 10.9. The first-order valence-corrected chi connectivity index (χ1v) is 5.15. The van der Waals surface area contributed by atoms with Crippen molar-refractivity contribution in [2.24, 2.45) is 0 Å². The van der Waals surface area contributed by atoms with Gasteiger partial charge in [-0.15, -0.1) is 0 Å². The molecule has 0 aliphatic carbocycles. The minimum Gasteiger partial charge on any atom is -0.469 e. The molecule has 0 bridgehead atoms. The van der Waals surface area contributed by atoms with Crippen LogP contribution < -0.4 is 0 Å². The molecule has 0 aromatic heterocycles. The fraction of sp³-hybridized carbons (Fsp3) is 0.417. The summed E-state index contributed by atoms with van der Waals surface area (Å²) in [6, 6.07) is 4.20. The standard InChI is InChI=1S/C12H15FO4/c1-7-8(4-3-5-9(7)13)12(16)10(14)6-11(15)17-2/h3-5,10,12,14,16H,6H2,1-2H3. The monoisotopic (exact) mass is 242 g/mol. The van der Waals surface area contributed by atoms with Gasteiger partial charge < -0.3 is 14.9 Å². The predicted octanol–water partition coefficient (Wildman–Crippen LogP) is 1.09. The molecule has 2 N–H and O–H groups in total. The number of methoxy groups -OCH3 is 1. The Labute approximate surface area is 98.7 Å². The summed E-state index contributed by atoms with van der Waals surface area (Å²) in [5, 5.41) is 19.4. The van der Waals surface area contributed by atoms with E-state index in [1.807, 2.05) is 0 Å². The summed E-state index contributed by atoms with van der Waals surface area (Å²) in [7, 11) is 1.19. The van der Waals surface area contributed by atoms with Crippen molar-refractivity contribution >= 4 is 5.97 Å². The Morgan fingerprint density at radius 1 is 1.47 bits per heavy atom. The molecule has 0 spiro atoms. The van der Waals surface area contributed by atoms with E-state index in [1.165, 1.54) is 32.2 Å². The number of aliphatic hydroxyl groups excluding tert-OH is 2. The topological polar surface area (TPSA) is 66.8 Å². The zero-order chi connectivity index (χ0) is 13.0. The average molecular weight is 242 g/mol. The van der Waals surface area contributed by atoms with Gasteiger partial charge in [0.15, 0.2) is 0 Å². The fourth-order valence-electron chi connectivity index (χ4n) is 1.52. The second-order valence-electron chi connectivity index (χ2n) is 3.75. The van der Waals surface area contributed by atoms with E-state index in [4.69, 9.17) is 0 Å². The zero-order valence-electron chi connectivity index (χ0n) is 9.68. The Balaban J connectivity index is 2.85. The molecule has 0 heterocycles. The molecule has 2 unspecified atom stereocenters. The first-order chi connectivity index (χ1) is 7.97. The predicted molar refractivity (Wildman–Crippen MR) is 58.7 cm³/mol. The van der Waals surface area contributed by atoms with Gasteiger partial charge in [0.05, 0.1) is 19.6 Å². The summed E-state index contributed by atoms with van der Waals surface area (Å²) >= 11 is 0. The van der Waals surface area contributed by atoms with Crippen LogP contribution in [-0.4, -0.2) is 29.4 Å². The Morgan fingerprint density at radius 2 is 2.12 bits per heavy atom. The molecule has 5 heteroatoms. The van der Waals surface area contributed by atoms with Crippen LogP contribution in [-0.2, 0) is 9.53 Å². The Hall–Kier alpha value is -1.46. The number of esters is 1. The maximum Gasteiger partial charge on any atom is 0.308 e. The molecule has 0 aliphatic rings. The molecular weight excluding hydrogens is 227 g/mol. The molecule has 4 nitrogen and oxygen atoms in total. The highest BCUT2D eigenvalue weighted by Gasteiger charge is 2.23. The van der Waals surface area contributed by atoms with Crippen LogP contribution in [0.4, 0.5) is 4.39 Å². The maximum absolute atomic E-state index is 13.2. The largest absolute Gasteiger partial charge is 0.469 e. The highest BCUT2D eigenvalue weighted by atomic mass is 19.1. The summed E-state index contributed by atoms with van der Waals surface area (Å²) < 4.78 is 17.6. The highest BCUT2D eigenvalue weighted by molar-refractivity contribution is 5.69. The number of hydrogen-bond donors (Lipinski definition) is 2. The lowest BCUT2D eigenvalue weighted by Gasteiger charge is -2.19. The van der Waals surface area contributed by atoms with Crippen LogP contribution in [0.3, 0.4) is 0 Å². The van der Waals surface area contributed by atoms with E-state index in [1.54, 1.807) is 0 Å². The van der Waals surface area contributed by atoms with Gasteiger partial charge in [0.2, 0.25) is 0 Å². The number of ether oxygens (including phenoxy) is 1. The van der Waals surface area contributed by atoms with E-state index >= 15 is 0 Å². The Kier molecular flexibility index (Phi) is 4.60. The normalized spacial score (nSPS) is 14.2. The van der Waals surface area contributed by atoms with E-state index in [-0.39, 0.29) is 17.5 Å². The molecule has 0 radical (unpaired) electrons. The Bertz CT molecular complexity index is 405. The first kappa shape index (κ1) is 13.6. The third-order valence-electron chi connectivity index (χ3n) is 2.60. The Morgan fingerprint density at radius 3 is 2.71 bits per heavy atom. The van der Waals surface area contributed by atoms with Gasteiger partial charge in [0, 0.05) is 0 Å². The van der Waals surface area contributed by atoms with Gasteiger partial charge in [-0.1, -0.05) is 12.1 Å². The second kappa shape index (κ2) is 5.75. The van der Waals surface area contributed by atoms with Gasteiger partial charge in [0.1, 0.15) is 11.9 Å². The smallest absolute Gasteiger partial charge is 0.308 e. The van der Waals surface area contributed by atoms with Crippen LogP contribution >= 0.6 is 0 Å². The fourth-order valence-corrected chi connectivity index (χ4v) is 1.52. The van der Waals surface area contributed by atoms with E-state index < -0.39 is 24.0 Å². The molecule has 0 saturated carbocycles. The molecule has 0 saturated heterocycles. The van der Waals surface area contributed by atoms with Crippen molar-refractivity contribution in [3.05, 3.63) is 35.1 Å². The number of halogens is 1. The lowest BCUT2D eigenvalue weighted by atomic mass is 9.97. The van der Waals surface area contributed by atoms with Crippen LogP contribution in [0.15, 0.2) is 18.2 Å². The van der Waals surface area contributed by atoms with Crippen molar-refractivity contribution in [3.63, 3.8) is 0 Å². The second-order valence-corrected chi connectivity index (χ2v) is 3.75. The lowest BCUT2D eigenvalue weighted by molar-refractivity contribution is -0.144. The van der Waals surface area contributed by atoms with Gasteiger partial charge in [-0.05, 0) is 24.1 Å². The van der Waals surface area contributed by atoms with Crippen LogP contribution in [0.5, 0.6) is 0 Å². The van der Waals surface area contributed by atoms with Crippen LogP contribution in [0.2, 0.25) is 0 Å². The molecule has 17 heavy (non-hydrogen) atoms. The molecule has 0 fully saturated rings. The van der Waals surface area contributed by atoms with Crippen molar-refractivity contribution in [1.29, 1.82) is 0 Å². The third-order valence-corrected chi connectivity index (χ3v) is 2.60. The molecule has 94 valence electrons. The SMILES string of the molecule is COC(=O)CC(O)C(O)c1cccc(F)c1C. The number of carbonyl (C=O) groups is 1. The zero-order valence-corrected chi connectivity index (χ0v) is 9.68. The third kappa shape index (κ3) is 3.25. The lowest BCUT2D eigenvalue weighted by Crippen LogP contribution is -2.23. The highest BCUT2D eigenvalue weighted by Crippen LogP contribution is 2.24. The van der Waals surface area contributed by atoms with E-state index in [0.29, 0.717) is 0 Å². The van der Waals surface area contributed by atoms with E-state index in [0.717, 1.165) is 0 Å². The van der Waals surface area contributed by atoms with Crippen LogP contribution in [0.1, 0.15) is 23.7 Å². The van der Waals surface area contributed by atoms with Gasteiger partial charge in [-0.25, -0.2) is 4.39 Å². The van der Waals surface area contributed by atoms with Crippen molar-refractivity contribution < 1.29 is 24.1 Å². The van der Waals surface area contributed by atoms with Gasteiger partial charge >= 0.3 is 5.97 Å². The number of carbonyl (C=O) groups excluding carboxylic acids is 1. The summed E-state index contributed by atoms with van der Waals surface area (Å²) in [5.74, 6) is -1.10. The molecule has 2 atom stereocenters. The van der Waals surface area contributed by atoms with E-state index in [2.05, 4.69) is 4.74 Å². The molecule has 1 aromatic carbocycles. The molecule has 1 rings (SSSR count). The quantitative estimate of drug-likeness (QED) is 0.776. The molecule has 0 aliphatic heterocycles. The maximum atomic E-state index is 13.2. The summed E-state index contributed by atoms with van der Waals surface area (Å²) in [6.07, 6.45) is -2.97. The van der Waals surface area contributed by atoms with Crippen molar-refractivity contribution in [2.45, 2.75) is 25.6 Å². The van der Waals surface area contributed by atoms with Gasteiger partial charge in [-0.3, -0.25) is 4.79 Å². The number of rotatable bonds is 4. The minimum atomic E-state index is -1.32. The average Bonchev–Trinajstić information content (AvgIpc) is 2.31. The van der Waals surface area contributed by atoms with Crippen molar-refractivity contribution in [2.75, 3.05) is 7.11 Å². The minimum absolute atomic E-state index is 0.254. The van der Waals surface area contributed by atoms with Gasteiger partial charge in [0.25, 0.3) is 0 Å². The summed E-state index contributed by atoms with van der Waals surface area (Å²) in [6.45, 7) is 1.50. The van der Waals surface area contributed by atoms with Crippen molar-refractivity contribution in [3.8, 4) is 0 Å².